The van der Waals surface area contributed by atoms with E-state index in [4.69, 9.17) is 0 Å². The molecule has 0 saturated carbocycles. The SMILES string of the molecule is CCC1CCC(C(=O)NC2NC3CCNCC3S2)NN1. The molecule has 1 amide bonds. The van der Waals surface area contributed by atoms with Crippen LogP contribution in [0.5, 0.6) is 0 Å². The molecule has 20 heavy (non-hydrogen) atoms. The van der Waals surface area contributed by atoms with E-state index in [0.717, 1.165) is 38.8 Å². The summed E-state index contributed by atoms with van der Waals surface area (Å²) in [4.78, 5) is 12.3. The molecule has 3 heterocycles. The Morgan fingerprint density at radius 2 is 2.20 bits per heavy atom. The number of fused-ring (bicyclic) bond motifs is 1. The molecular formula is C13H25N5OS. The molecule has 6 nitrogen and oxygen atoms in total. The number of hydrazine groups is 1. The number of rotatable bonds is 3. The molecule has 0 spiro atoms. The van der Waals surface area contributed by atoms with Crippen molar-refractivity contribution in [2.45, 2.75) is 61.5 Å². The topological polar surface area (TPSA) is 77.2 Å². The first-order valence-electron chi connectivity index (χ1n) is 7.70. The first-order valence-corrected chi connectivity index (χ1v) is 8.64. The summed E-state index contributed by atoms with van der Waals surface area (Å²) in [7, 11) is 0. The van der Waals surface area contributed by atoms with Crippen molar-refractivity contribution in [2.24, 2.45) is 0 Å². The van der Waals surface area contributed by atoms with Crippen LogP contribution in [-0.4, -0.2) is 47.9 Å². The minimum atomic E-state index is -0.110. The Hall–Kier alpha value is -0.340. The highest BCUT2D eigenvalue weighted by Crippen LogP contribution is 2.29. The average Bonchev–Trinajstić information content (AvgIpc) is 2.89. The smallest absolute Gasteiger partial charge is 0.240 e. The van der Waals surface area contributed by atoms with E-state index in [0.29, 0.717) is 17.3 Å². The van der Waals surface area contributed by atoms with Crippen molar-refractivity contribution in [2.75, 3.05) is 13.1 Å². The van der Waals surface area contributed by atoms with Gasteiger partial charge in [0.15, 0.2) is 0 Å². The summed E-state index contributed by atoms with van der Waals surface area (Å²) in [5.41, 5.74) is 6.43. The van der Waals surface area contributed by atoms with Crippen LogP contribution < -0.4 is 26.8 Å². The second-order valence-corrected chi connectivity index (χ2v) is 7.20. The average molecular weight is 299 g/mol. The van der Waals surface area contributed by atoms with Gasteiger partial charge in [0.25, 0.3) is 0 Å². The summed E-state index contributed by atoms with van der Waals surface area (Å²) >= 11 is 1.84. The van der Waals surface area contributed by atoms with Gasteiger partial charge >= 0.3 is 0 Å². The molecular weight excluding hydrogens is 274 g/mol. The van der Waals surface area contributed by atoms with E-state index in [1.165, 1.54) is 0 Å². The summed E-state index contributed by atoms with van der Waals surface area (Å²) in [5.74, 6) is 0.101. The molecule has 0 aromatic heterocycles. The van der Waals surface area contributed by atoms with Crippen LogP contribution in [0.25, 0.3) is 0 Å². The third kappa shape index (κ3) is 3.28. The molecule has 0 aromatic carbocycles. The monoisotopic (exact) mass is 299 g/mol. The maximum atomic E-state index is 12.3. The van der Waals surface area contributed by atoms with Crippen molar-refractivity contribution in [1.82, 2.24) is 26.8 Å². The largest absolute Gasteiger partial charge is 0.330 e. The van der Waals surface area contributed by atoms with Gasteiger partial charge in [-0.25, -0.2) is 5.43 Å². The summed E-state index contributed by atoms with van der Waals surface area (Å²) < 4.78 is 0. The lowest BCUT2D eigenvalue weighted by Gasteiger charge is -2.30. The molecule has 0 aromatic rings. The third-order valence-electron chi connectivity index (χ3n) is 4.45. The highest BCUT2D eigenvalue weighted by atomic mass is 32.2. The van der Waals surface area contributed by atoms with E-state index in [1.807, 2.05) is 11.8 Å². The highest BCUT2D eigenvalue weighted by Gasteiger charge is 2.37. The van der Waals surface area contributed by atoms with Gasteiger partial charge in [-0.3, -0.25) is 15.5 Å². The second kappa shape index (κ2) is 6.62. The van der Waals surface area contributed by atoms with Crippen LogP contribution in [0, 0.1) is 0 Å². The van der Waals surface area contributed by atoms with Crippen LogP contribution in [-0.2, 0) is 4.79 Å². The molecule has 0 aliphatic carbocycles. The van der Waals surface area contributed by atoms with E-state index in [2.05, 4.69) is 33.7 Å². The summed E-state index contributed by atoms with van der Waals surface area (Å²) in [6, 6.07) is 0.918. The Balaban J connectivity index is 1.45. The van der Waals surface area contributed by atoms with Crippen molar-refractivity contribution < 1.29 is 4.79 Å². The number of thioether (sulfide) groups is 1. The Labute approximate surface area is 124 Å². The van der Waals surface area contributed by atoms with Gasteiger partial charge in [0.1, 0.15) is 11.5 Å². The predicted octanol–water partition coefficient (Wildman–Crippen LogP) is -0.512. The van der Waals surface area contributed by atoms with Gasteiger partial charge in [0.05, 0.1) is 0 Å². The second-order valence-electron chi connectivity index (χ2n) is 5.85. The Bertz CT molecular complexity index is 334. The molecule has 0 radical (unpaired) electrons. The zero-order valence-electron chi connectivity index (χ0n) is 11.9. The lowest BCUT2D eigenvalue weighted by molar-refractivity contribution is -0.124. The minimum Gasteiger partial charge on any atom is -0.330 e. The molecule has 3 fully saturated rings. The van der Waals surface area contributed by atoms with Gasteiger partial charge in [0.2, 0.25) is 5.91 Å². The quantitative estimate of drug-likeness (QED) is 0.483. The maximum Gasteiger partial charge on any atom is 0.240 e. The number of carbonyl (C=O) groups is 1. The third-order valence-corrected chi connectivity index (χ3v) is 5.82. The van der Waals surface area contributed by atoms with Crippen LogP contribution in [0.1, 0.15) is 32.6 Å². The first-order chi connectivity index (χ1) is 9.76. The molecule has 7 heteroatoms. The predicted molar refractivity (Wildman–Crippen MR) is 81.1 cm³/mol. The van der Waals surface area contributed by atoms with Gasteiger partial charge in [-0.05, 0) is 32.2 Å². The molecule has 5 atom stereocenters. The number of amides is 1. The number of nitrogens with one attached hydrogen (secondary N) is 5. The Morgan fingerprint density at radius 3 is 2.90 bits per heavy atom. The van der Waals surface area contributed by atoms with Gasteiger partial charge in [-0.1, -0.05) is 6.92 Å². The van der Waals surface area contributed by atoms with E-state index in [1.54, 1.807) is 0 Å². The van der Waals surface area contributed by atoms with Crippen LogP contribution in [0.15, 0.2) is 0 Å². The fourth-order valence-electron chi connectivity index (χ4n) is 3.11. The number of piperidine rings is 1. The lowest BCUT2D eigenvalue weighted by atomic mass is 10.0. The summed E-state index contributed by atoms with van der Waals surface area (Å²) in [6.07, 6.45) is 4.20. The first kappa shape index (κ1) is 14.6. The Kier molecular flexibility index (Phi) is 4.83. The number of hydrogen-bond donors (Lipinski definition) is 5. The van der Waals surface area contributed by atoms with Crippen LogP contribution in [0.2, 0.25) is 0 Å². The molecule has 0 bridgehead atoms. The van der Waals surface area contributed by atoms with Crippen molar-refractivity contribution in [3.05, 3.63) is 0 Å². The molecule has 5 unspecified atom stereocenters. The molecule has 3 aliphatic rings. The number of carbonyl (C=O) groups excluding carboxylic acids is 1. The van der Waals surface area contributed by atoms with Crippen molar-refractivity contribution >= 4 is 17.7 Å². The fourth-order valence-corrected chi connectivity index (χ4v) is 4.52. The molecule has 3 aliphatic heterocycles. The maximum absolute atomic E-state index is 12.3. The molecule has 114 valence electrons. The van der Waals surface area contributed by atoms with E-state index >= 15 is 0 Å². The Morgan fingerprint density at radius 1 is 1.30 bits per heavy atom. The van der Waals surface area contributed by atoms with Crippen LogP contribution in [0.4, 0.5) is 0 Å². The zero-order valence-corrected chi connectivity index (χ0v) is 12.8. The summed E-state index contributed by atoms with van der Waals surface area (Å²) in [5, 5.41) is 10.6. The van der Waals surface area contributed by atoms with Crippen LogP contribution >= 0.6 is 11.8 Å². The summed E-state index contributed by atoms with van der Waals surface area (Å²) in [6.45, 7) is 4.27. The van der Waals surface area contributed by atoms with Gasteiger partial charge in [-0.15, -0.1) is 11.8 Å². The van der Waals surface area contributed by atoms with E-state index in [-0.39, 0.29) is 17.4 Å². The molecule has 3 saturated heterocycles. The zero-order chi connectivity index (χ0) is 13.9. The fraction of sp³-hybridized carbons (Fsp3) is 0.923. The van der Waals surface area contributed by atoms with Crippen molar-refractivity contribution in [3.63, 3.8) is 0 Å². The van der Waals surface area contributed by atoms with Gasteiger partial charge in [0, 0.05) is 23.9 Å². The van der Waals surface area contributed by atoms with E-state index < -0.39 is 0 Å². The standard InChI is InChI=1S/C13H25N5OS/c1-2-8-3-4-10(18-17-8)12(19)16-13-15-9-5-6-14-7-11(9)20-13/h8-11,13-15,17-18H,2-7H2,1H3,(H,16,19). The molecule has 3 rings (SSSR count). The van der Waals surface area contributed by atoms with Gasteiger partial charge in [-0.2, -0.15) is 0 Å². The van der Waals surface area contributed by atoms with Crippen molar-refractivity contribution in [3.8, 4) is 0 Å². The normalized spacial score (nSPS) is 41.1. The molecule has 5 N–H and O–H groups in total. The van der Waals surface area contributed by atoms with Crippen molar-refractivity contribution in [1.29, 1.82) is 0 Å². The van der Waals surface area contributed by atoms with Gasteiger partial charge < -0.3 is 10.6 Å². The number of hydrogen-bond acceptors (Lipinski definition) is 6. The van der Waals surface area contributed by atoms with Crippen LogP contribution in [0.3, 0.4) is 0 Å². The van der Waals surface area contributed by atoms with E-state index in [9.17, 15) is 4.79 Å². The highest BCUT2D eigenvalue weighted by molar-refractivity contribution is 8.00. The minimum absolute atomic E-state index is 0.0584. The lowest BCUT2D eigenvalue weighted by Crippen LogP contribution is -2.58.